The number of benzene rings is 1. The van der Waals surface area contributed by atoms with Crippen molar-refractivity contribution in [2.75, 3.05) is 13.6 Å². The van der Waals surface area contributed by atoms with Crippen molar-refractivity contribution in [3.8, 4) is 0 Å². The Hall–Kier alpha value is -1.91. The number of hydrogen-bond acceptors (Lipinski definition) is 3. The first-order valence-corrected chi connectivity index (χ1v) is 4.49. The molecule has 0 radical (unpaired) electrons. The van der Waals surface area contributed by atoms with Crippen molar-refractivity contribution in [1.82, 2.24) is 4.90 Å². The number of rotatable bonds is 4. The normalized spacial score (nSPS) is 9.67. The fourth-order valence-corrected chi connectivity index (χ4v) is 1.18. The van der Waals surface area contributed by atoms with Crippen molar-refractivity contribution in [2.45, 2.75) is 6.54 Å². The molecule has 5 heteroatoms. The highest BCUT2D eigenvalue weighted by Crippen LogP contribution is 2.02. The predicted octanol–water partition coefficient (Wildman–Crippen LogP) is 0.922. The minimum atomic E-state index is -0.649. The summed E-state index contributed by atoms with van der Waals surface area (Å²) in [5.41, 5.74) is 0.955. The molecule has 0 spiro atoms. The zero-order valence-corrected chi connectivity index (χ0v) is 8.42. The summed E-state index contributed by atoms with van der Waals surface area (Å²) in [6, 6.07) is 9.34. The minimum absolute atomic E-state index is 0.396. The average molecular weight is 208 g/mol. The van der Waals surface area contributed by atoms with E-state index >= 15 is 0 Å². The molecule has 0 bridgehead atoms. The van der Waals surface area contributed by atoms with Gasteiger partial charge in [-0.05, 0) is 5.56 Å². The molecule has 1 rings (SSSR count). The van der Waals surface area contributed by atoms with Gasteiger partial charge in [0.2, 0.25) is 0 Å². The van der Waals surface area contributed by atoms with Gasteiger partial charge in [-0.3, -0.25) is 14.9 Å². The molecule has 80 valence electrons. The third kappa shape index (κ3) is 3.76. The Morgan fingerprint density at radius 3 is 2.53 bits per heavy atom. The lowest BCUT2D eigenvalue weighted by Crippen LogP contribution is -2.31. The number of carbonyl (C=O) groups excluding carboxylic acids is 1. The molecule has 5 nitrogen and oxygen atoms in total. The Kier molecular flexibility index (Phi) is 3.79. The zero-order chi connectivity index (χ0) is 11.3. The number of likely N-dealkylation sites (N-methyl/N-ethyl adjacent to an activating group) is 1. The summed E-state index contributed by atoms with van der Waals surface area (Å²) >= 11 is 0. The van der Waals surface area contributed by atoms with Crippen molar-refractivity contribution in [1.29, 1.82) is 0 Å². The largest absolute Gasteiger partial charge is 0.336 e. The molecule has 1 aromatic carbocycles. The van der Waals surface area contributed by atoms with E-state index in [-0.39, 0.29) is 0 Å². The number of nitro groups is 1. The van der Waals surface area contributed by atoms with Crippen LogP contribution in [-0.2, 0) is 11.3 Å². The summed E-state index contributed by atoms with van der Waals surface area (Å²) in [6.45, 7) is -0.253. The van der Waals surface area contributed by atoms with E-state index in [1.165, 1.54) is 4.90 Å². The summed E-state index contributed by atoms with van der Waals surface area (Å²) < 4.78 is 0. The highest BCUT2D eigenvalue weighted by atomic mass is 16.6. The van der Waals surface area contributed by atoms with E-state index in [4.69, 9.17) is 0 Å². The van der Waals surface area contributed by atoms with Gasteiger partial charge in [-0.15, -0.1) is 0 Å². The van der Waals surface area contributed by atoms with Gasteiger partial charge in [0.15, 0.2) is 0 Å². The van der Waals surface area contributed by atoms with Crippen LogP contribution in [-0.4, -0.2) is 29.3 Å². The molecule has 0 aliphatic heterocycles. The summed E-state index contributed by atoms with van der Waals surface area (Å²) in [7, 11) is 1.55. The van der Waals surface area contributed by atoms with Crippen molar-refractivity contribution in [2.24, 2.45) is 0 Å². The molecule has 0 heterocycles. The van der Waals surface area contributed by atoms with Crippen molar-refractivity contribution < 1.29 is 9.72 Å². The third-order valence-corrected chi connectivity index (χ3v) is 1.95. The van der Waals surface area contributed by atoms with Crippen molar-refractivity contribution in [3.63, 3.8) is 0 Å². The quantitative estimate of drug-likeness (QED) is 0.546. The Bertz CT molecular complexity index is 351. The fraction of sp³-hybridized carbons (Fsp3) is 0.300. The maximum atomic E-state index is 11.2. The van der Waals surface area contributed by atoms with Crippen LogP contribution in [0.3, 0.4) is 0 Å². The molecule has 0 unspecified atom stereocenters. The van der Waals surface area contributed by atoms with Gasteiger partial charge < -0.3 is 4.90 Å². The number of carbonyl (C=O) groups is 1. The van der Waals surface area contributed by atoms with E-state index in [1.807, 2.05) is 30.3 Å². The maximum Gasteiger partial charge on any atom is 0.294 e. The summed E-state index contributed by atoms with van der Waals surface area (Å²) in [6.07, 6.45) is 0. The fourth-order valence-electron chi connectivity index (χ4n) is 1.18. The van der Waals surface area contributed by atoms with Crippen LogP contribution >= 0.6 is 0 Å². The van der Waals surface area contributed by atoms with Crippen LogP contribution in [0.25, 0.3) is 0 Å². The molecule has 0 aromatic heterocycles. The van der Waals surface area contributed by atoms with E-state index in [2.05, 4.69) is 0 Å². The number of hydrogen-bond donors (Lipinski definition) is 0. The molecule has 15 heavy (non-hydrogen) atoms. The van der Waals surface area contributed by atoms with Crippen LogP contribution in [0.15, 0.2) is 30.3 Å². The molecular weight excluding hydrogens is 196 g/mol. The first-order chi connectivity index (χ1) is 7.09. The van der Waals surface area contributed by atoms with E-state index in [9.17, 15) is 14.9 Å². The molecule has 0 saturated carbocycles. The first-order valence-electron chi connectivity index (χ1n) is 4.49. The summed E-state index contributed by atoms with van der Waals surface area (Å²) in [4.78, 5) is 22.1. The monoisotopic (exact) mass is 208 g/mol. The molecule has 1 aromatic rings. The number of amides is 1. The van der Waals surface area contributed by atoms with Gasteiger partial charge >= 0.3 is 0 Å². The standard InChI is InChI=1S/C10H12N2O3/c1-11(10(13)8-12(14)15)7-9-5-3-2-4-6-9/h2-6H,7-8H2,1H3. The molecular formula is C10H12N2O3. The molecule has 0 aliphatic rings. The molecule has 1 amide bonds. The van der Waals surface area contributed by atoms with Crippen LogP contribution in [0.4, 0.5) is 0 Å². The average Bonchev–Trinajstić information content (AvgIpc) is 2.18. The van der Waals surface area contributed by atoms with Crippen molar-refractivity contribution >= 4 is 5.91 Å². The van der Waals surface area contributed by atoms with E-state index in [0.717, 1.165) is 5.56 Å². The highest BCUT2D eigenvalue weighted by molar-refractivity contribution is 5.76. The Morgan fingerprint density at radius 1 is 1.40 bits per heavy atom. The Balaban J connectivity index is 2.52. The summed E-state index contributed by atoms with van der Waals surface area (Å²) in [5, 5.41) is 10.1. The second kappa shape index (κ2) is 5.09. The second-order valence-corrected chi connectivity index (χ2v) is 3.23. The van der Waals surface area contributed by atoms with Crippen LogP contribution in [0, 0.1) is 10.1 Å². The highest BCUT2D eigenvalue weighted by Gasteiger charge is 2.14. The third-order valence-electron chi connectivity index (χ3n) is 1.95. The van der Waals surface area contributed by atoms with E-state index in [0.29, 0.717) is 6.54 Å². The minimum Gasteiger partial charge on any atom is -0.336 e. The van der Waals surface area contributed by atoms with E-state index < -0.39 is 17.4 Å². The van der Waals surface area contributed by atoms with Gasteiger partial charge in [0.05, 0.1) is 0 Å². The molecule has 0 fully saturated rings. The van der Waals surface area contributed by atoms with Gasteiger partial charge in [-0.25, -0.2) is 0 Å². The maximum absolute atomic E-state index is 11.2. The summed E-state index contributed by atoms with van der Waals surface area (Å²) in [5.74, 6) is -0.483. The van der Waals surface area contributed by atoms with Gasteiger partial charge in [0.25, 0.3) is 12.5 Å². The lowest BCUT2D eigenvalue weighted by atomic mass is 10.2. The smallest absolute Gasteiger partial charge is 0.294 e. The second-order valence-electron chi connectivity index (χ2n) is 3.23. The van der Waals surface area contributed by atoms with Crippen LogP contribution in [0.1, 0.15) is 5.56 Å². The van der Waals surface area contributed by atoms with Gasteiger partial charge in [0, 0.05) is 18.5 Å². The Morgan fingerprint density at radius 2 is 2.00 bits per heavy atom. The molecule has 0 aliphatic carbocycles. The lowest BCUT2D eigenvalue weighted by Gasteiger charge is -2.14. The van der Waals surface area contributed by atoms with Crippen LogP contribution < -0.4 is 0 Å². The molecule has 0 atom stereocenters. The van der Waals surface area contributed by atoms with Crippen molar-refractivity contribution in [3.05, 3.63) is 46.0 Å². The number of nitrogens with zero attached hydrogens (tertiary/aromatic N) is 2. The van der Waals surface area contributed by atoms with Gasteiger partial charge in [-0.2, -0.15) is 0 Å². The SMILES string of the molecule is CN(Cc1ccccc1)C(=O)C[N+](=O)[O-]. The zero-order valence-electron chi connectivity index (χ0n) is 8.42. The van der Waals surface area contributed by atoms with Gasteiger partial charge in [0.1, 0.15) is 0 Å². The topological polar surface area (TPSA) is 63.5 Å². The molecule has 0 saturated heterocycles. The Labute approximate surface area is 87.5 Å². The first kappa shape index (κ1) is 11.2. The lowest BCUT2D eigenvalue weighted by molar-refractivity contribution is -0.468. The van der Waals surface area contributed by atoms with Gasteiger partial charge in [-0.1, -0.05) is 30.3 Å². The van der Waals surface area contributed by atoms with Crippen LogP contribution in [0.2, 0.25) is 0 Å². The van der Waals surface area contributed by atoms with Crippen LogP contribution in [0.5, 0.6) is 0 Å². The predicted molar refractivity (Wildman–Crippen MR) is 54.8 cm³/mol. The van der Waals surface area contributed by atoms with E-state index in [1.54, 1.807) is 7.05 Å². The molecule has 0 N–H and O–H groups in total.